The molecule has 0 aliphatic carbocycles. The quantitative estimate of drug-likeness (QED) is 0.679. The molecule has 0 radical (unpaired) electrons. The SMILES string of the molecule is c1ccc(NCCCNc2cnc3ccccc3n2)nc1. The molecule has 0 unspecified atom stereocenters. The van der Waals surface area contributed by atoms with E-state index in [2.05, 4.69) is 25.6 Å². The molecular weight excluding hydrogens is 262 g/mol. The molecule has 0 saturated carbocycles. The van der Waals surface area contributed by atoms with Crippen LogP contribution in [0.5, 0.6) is 0 Å². The Kier molecular flexibility index (Phi) is 4.21. The molecule has 106 valence electrons. The van der Waals surface area contributed by atoms with Crippen molar-refractivity contribution in [2.24, 2.45) is 0 Å². The summed E-state index contributed by atoms with van der Waals surface area (Å²) in [6.07, 6.45) is 4.53. The number of nitrogens with zero attached hydrogens (tertiary/aromatic N) is 3. The molecule has 2 N–H and O–H groups in total. The van der Waals surface area contributed by atoms with E-state index in [4.69, 9.17) is 0 Å². The lowest BCUT2D eigenvalue weighted by molar-refractivity contribution is 0.898. The summed E-state index contributed by atoms with van der Waals surface area (Å²) in [6.45, 7) is 1.71. The zero-order chi connectivity index (χ0) is 14.3. The van der Waals surface area contributed by atoms with E-state index in [-0.39, 0.29) is 0 Å². The summed E-state index contributed by atoms with van der Waals surface area (Å²) in [5, 5.41) is 6.56. The Labute approximate surface area is 123 Å². The summed E-state index contributed by atoms with van der Waals surface area (Å²) in [5.41, 5.74) is 1.83. The molecule has 5 nitrogen and oxygen atoms in total. The topological polar surface area (TPSA) is 62.7 Å². The number of para-hydroxylation sites is 2. The van der Waals surface area contributed by atoms with Gasteiger partial charge in [0.2, 0.25) is 0 Å². The largest absolute Gasteiger partial charge is 0.370 e. The summed E-state index contributed by atoms with van der Waals surface area (Å²) in [5.74, 6) is 1.72. The average molecular weight is 279 g/mol. The lowest BCUT2D eigenvalue weighted by Crippen LogP contribution is -2.10. The highest BCUT2D eigenvalue weighted by Gasteiger charge is 1.98. The highest BCUT2D eigenvalue weighted by Crippen LogP contribution is 2.11. The van der Waals surface area contributed by atoms with Crippen LogP contribution in [0.3, 0.4) is 0 Å². The zero-order valence-electron chi connectivity index (χ0n) is 11.7. The van der Waals surface area contributed by atoms with Crippen molar-refractivity contribution in [3.63, 3.8) is 0 Å². The average Bonchev–Trinajstić information content (AvgIpc) is 2.55. The molecule has 3 rings (SSSR count). The molecule has 2 heterocycles. The van der Waals surface area contributed by atoms with Gasteiger partial charge in [-0.3, -0.25) is 4.98 Å². The Morgan fingerprint density at radius 3 is 2.33 bits per heavy atom. The molecule has 0 atom stereocenters. The minimum Gasteiger partial charge on any atom is -0.370 e. The highest BCUT2D eigenvalue weighted by molar-refractivity contribution is 5.75. The maximum absolute atomic E-state index is 4.52. The first-order valence-corrected chi connectivity index (χ1v) is 7.02. The zero-order valence-corrected chi connectivity index (χ0v) is 11.7. The summed E-state index contributed by atoms with van der Waals surface area (Å²) in [7, 11) is 0. The predicted octanol–water partition coefficient (Wildman–Crippen LogP) is 2.94. The number of hydrogen-bond donors (Lipinski definition) is 2. The number of fused-ring (bicyclic) bond motifs is 1. The van der Waals surface area contributed by atoms with Crippen LogP contribution < -0.4 is 10.6 Å². The van der Waals surface area contributed by atoms with Gasteiger partial charge in [-0.25, -0.2) is 9.97 Å². The van der Waals surface area contributed by atoms with Crippen LogP contribution in [-0.2, 0) is 0 Å². The fourth-order valence-electron chi connectivity index (χ4n) is 2.03. The molecule has 1 aromatic carbocycles. The molecular formula is C16H17N5. The van der Waals surface area contributed by atoms with Crippen LogP contribution in [0.25, 0.3) is 11.0 Å². The van der Waals surface area contributed by atoms with Gasteiger partial charge in [0.15, 0.2) is 0 Å². The minimum absolute atomic E-state index is 0.812. The van der Waals surface area contributed by atoms with Gasteiger partial charge in [0, 0.05) is 19.3 Å². The maximum Gasteiger partial charge on any atom is 0.145 e. The second kappa shape index (κ2) is 6.65. The Morgan fingerprint density at radius 2 is 1.52 bits per heavy atom. The van der Waals surface area contributed by atoms with Gasteiger partial charge in [0.05, 0.1) is 17.2 Å². The summed E-state index contributed by atoms with van der Waals surface area (Å²) >= 11 is 0. The first-order chi connectivity index (χ1) is 10.4. The van der Waals surface area contributed by atoms with Crippen molar-refractivity contribution in [2.45, 2.75) is 6.42 Å². The normalized spacial score (nSPS) is 10.5. The second-order valence-corrected chi connectivity index (χ2v) is 4.67. The van der Waals surface area contributed by atoms with Crippen LogP contribution in [0.2, 0.25) is 0 Å². The van der Waals surface area contributed by atoms with Gasteiger partial charge in [0.1, 0.15) is 11.6 Å². The number of hydrogen-bond acceptors (Lipinski definition) is 5. The molecule has 0 aliphatic rings. The summed E-state index contributed by atoms with van der Waals surface area (Å²) < 4.78 is 0. The van der Waals surface area contributed by atoms with E-state index in [9.17, 15) is 0 Å². The first kappa shape index (κ1) is 13.3. The van der Waals surface area contributed by atoms with Crippen LogP contribution in [0.15, 0.2) is 54.9 Å². The Bertz CT molecular complexity index is 699. The number of benzene rings is 1. The van der Waals surface area contributed by atoms with Gasteiger partial charge in [0.25, 0.3) is 0 Å². The van der Waals surface area contributed by atoms with Crippen molar-refractivity contribution >= 4 is 22.7 Å². The molecule has 3 aromatic rings. The van der Waals surface area contributed by atoms with Crippen LogP contribution in [0, 0.1) is 0 Å². The molecule has 0 saturated heterocycles. The van der Waals surface area contributed by atoms with Crippen LogP contribution in [0.4, 0.5) is 11.6 Å². The standard InChI is InChI=1S/C16H17N5/c1-2-7-14-13(6-1)20-12-16(21-14)19-11-5-10-18-15-8-3-4-9-17-15/h1-4,6-9,12H,5,10-11H2,(H,17,18)(H,19,21). The van der Waals surface area contributed by atoms with Crippen molar-refractivity contribution in [3.05, 3.63) is 54.9 Å². The monoisotopic (exact) mass is 279 g/mol. The Balaban J connectivity index is 1.46. The van der Waals surface area contributed by atoms with E-state index in [0.29, 0.717) is 0 Å². The molecule has 5 heteroatoms. The molecule has 21 heavy (non-hydrogen) atoms. The molecule has 0 aliphatic heterocycles. The van der Waals surface area contributed by atoms with E-state index in [1.54, 1.807) is 12.4 Å². The van der Waals surface area contributed by atoms with Crippen molar-refractivity contribution in [1.29, 1.82) is 0 Å². The molecule has 0 bridgehead atoms. The van der Waals surface area contributed by atoms with Crippen molar-refractivity contribution in [1.82, 2.24) is 15.0 Å². The molecule has 0 spiro atoms. The van der Waals surface area contributed by atoms with E-state index < -0.39 is 0 Å². The van der Waals surface area contributed by atoms with Crippen molar-refractivity contribution < 1.29 is 0 Å². The Morgan fingerprint density at radius 1 is 0.762 bits per heavy atom. The van der Waals surface area contributed by atoms with Gasteiger partial charge in [-0.15, -0.1) is 0 Å². The third-order valence-corrected chi connectivity index (χ3v) is 3.08. The molecule has 2 aromatic heterocycles. The maximum atomic E-state index is 4.52. The Hall–Kier alpha value is -2.69. The van der Waals surface area contributed by atoms with E-state index in [1.807, 2.05) is 42.5 Å². The number of rotatable bonds is 6. The van der Waals surface area contributed by atoms with E-state index in [0.717, 1.165) is 42.2 Å². The van der Waals surface area contributed by atoms with Gasteiger partial charge in [-0.05, 0) is 30.7 Å². The van der Waals surface area contributed by atoms with Gasteiger partial charge < -0.3 is 10.6 Å². The summed E-state index contributed by atoms with van der Waals surface area (Å²) in [6, 6.07) is 13.7. The first-order valence-electron chi connectivity index (χ1n) is 7.02. The summed E-state index contributed by atoms with van der Waals surface area (Å²) in [4.78, 5) is 13.1. The van der Waals surface area contributed by atoms with Crippen LogP contribution >= 0.6 is 0 Å². The highest BCUT2D eigenvalue weighted by atomic mass is 15.0. The third kappa shape index (κ3) is 3.66. The van der Waals surface area contributed by atoms with Gasteiger partial charge in [-0.1, -0.05) is 18.2 Å². The fourth-order valence-corrected chi connectivity index (χ4v) is 2.03. The molecule has 0 amide bonds. The van der Waals surface area contributed by atoms with Crippen LogP contribution in [0.1, 0.15) is 6.42 Å². The number of nitrogens with one attached hydrogen (secondary N) is 2. The smallest absolute Gasteiger partial charge is 0.145 e. The number of aromatic nitrogens is 3. The van der Waals surface area contributed by atoms with Crippen molar-refractivity contribution in [3.8, 4) is 0 Å². The van der Waals surface area contributed by atoms with Crippen LogP contribution in [-0.4, -0.2) is 28.0 Å². The lowest BCUT2D eigenvalue weighted by atomic mass is 10.3. The second-order valence-electron chi connectivity index (χ2n) is 4.67. The number of pyridine rings is 1. The molecule has 0 fully saturated rings. The third-order valence-electron chi connectivity index (χ3n) is 3.08. The van der Waals surface area contributed by atoms with E-state index in [1.165, 1.54) is 0 Å². The van der Waals surface area contributed by atoms with Gasteiger partial charge in [-0.2, -0.15) is 0 Å². The predicted molar refractivity (Wildman–Crippen MR) is 85.4 cm³/mol. The number of anilines is 2. The lowest BCUT2D eigenvalue weighted by Gasteiger charge is -2.07. The minimum atomic E-state index is 0.812. The fraction of sp³-hybridized carbons (Fsp3) is 0.188. The van der Waals surface area contributed by atoms with E-state index >= 15 is 0 Å². The van der Waals surface area contributed by atoms with Crippen molar-refractivity contribution in [2.75, 3.05) is 23.7 Å². The van der Waals surface area contributed by atoms with Gasteiger partial charge >= 0.3 is 0 Å².